The molecule has 1 aromatic heterocycles. The molecule has 0 aliphatic heterocycles. The first-order valence-electron chi connectivity index (χ1n) is 7.58. The second kappa shape index (κ2) is 7.60. The molecule has 0 bridgehead atoms. The van der Waals surface area contributed by atoms with Crippen molar-refractivity contribution in [1.29, 1.82) is 5.26 Å². The highest BCUT2D eigenvalue weighted by Gasteiger charge is 2.11. The number of benzene rings is 2. The van der Waals surface area contributed by atoms with Crippen molar-refractivity contribution in [2.24, 2.45) is 10.1 Å². The maximum Gasteiger partial charge on any atom is 0.205 e. The van der Waals surface area contributed by atoms with Crippen LogP contribution in [-0.4, -0.2) is 25.0 Å². The van der Waals surface area contributed by atoms with Crippen LogP contribution in [0.15, 0.2) is 64.0 Å². The molecule has 25 heavy (non-hydrogen) atoms. The number of methoxy groups -OCH3 is 1. The van der Waals surface area contributed by atoms with E-state index in [0.717, 1.165) is 27.4 Å². The molecule has 1 heterocycles. The summed E-state index contributed by atoms with van der Waals surface area (Å²) < 4.78 is 7.26. The fourth-order valence-corrected chi connectivity index (χ4v) is 3.17. The Hall–Kier alpha value is -3.17. The predicted octanol–water partition coefficient (Wildman–Crippen LogP) is 3.51. The lowest BCUT2D eigenvalue weighted by Gasteiger charge is -2.08. The quantitative estimate of drug-likeness (QED) is 0.677. The first kappa shape index (κ1) is 16.7. The standard InChI is InChI=1S/C19H16N4OS/c1-21-19-23(22-12-15-9-7-14(11-20)8-10-15)17(13-25-19)16-5-3-4-6-18(16)24-2/h3-10,12-13H,1-2H3/b21-19?,22-12+. The van der Waals surface area contributed by atoms with Crippen molar-refractivity contribution in [2.75, 3.05) is 14.2 Å². The van der Waals surface area contributed by atoms with Crippen molar-refractivity contribution >= 4 is 17.6 Å². The van der Waals surface area contributed by atoms with Crippen LogP contribution >= 0.6 is 11.3 Å². The van der Waals surface area contributed by atoms with Gasteiger partial charge in [-0.25, -0.2) is 4.68 Å². The monoisotopic (exact) mass is 348 g/mol. The number of thiazole rings is 1. The fraction of sp³-hybridized carbons (Fsp3) is 0.105. The van der Waals surface area contributed by atoms with Gasteiger partial charge in [-0.1, -0.05) is 24.3 Å². The number of nitrogens with zero attached hydrogens (tertiary/aromatic N) is 4. The number of hydrogen-bond donors (Lipinski definition) is 0. The molecule has 124 valence electrons. The van der Waals surface area contributed by atoms with Gasteiger partial charge in [0.25, 0.3) is 0 Å². The van der Waals surface area contributed by atoms with Gasteiger partial charge in [-0.2, -0.15) is 10.4 Å². The average molecular weight is 348 g/mol. The van der Waals surface area contributed by atoms with E-state index in [-0.39, 0.29) is 0 Å². The molecule has 0 radical (unpaired) electrons. The second-order valence-electron chi connectivity index (χ2n) is 5.12. The van der Waals surface area contributed by atoms with Crippen molar-refractivity contribution in [3.8, 4) is 23.1 Å². The van der Waals surface area contributed by atoms with E-state index in [0.29, 0.717) is 5.56 Å². The molecule has 0 amide bonds. The third-order valence-corrected chi connectivity index (χ3v) is 4.53. The Labute approximate surface area is 149 Å². The van der Waals surface area contributed by atoms with E-state index in [9.17, 15) is 0 Å². The highest BCUT2D eigenvalue weighted by Crippen LogP contribution is 2.29. The normalized spacial score (nSPS) is 11.6. The summed E-state index contributed by atoms with van der Waals surface area (Å²) in [7, 11) is 3.40. The van der Waals surface area contributed by atoms with E-state index in [1.165, 1.54) is 11.3 Å². The van der Waals surface area contributed by atoms with Gasteiger partial charge in [-0.05, 0) is 29.8 Å². The van der Waals surface area contributed by atoms with E-state index in [2.05, 4.69) is 16.2 Å². The van der Waals surface area contributed by atoms with Gasteiger partial charge in [-0.3, -0.25) is 4.99 Å². The molecular formula is C19H16N4OS. The smallest absolute Gasteiger partial charge is 0.205 e. The lowest BCUT2D eigenvalue weighted by Crippen LogP contribution is -2.11. The van der Waals surface area contributed by atoms with Crippen molar-refractivity contribution in [2.45, 2.75) is 0 Å². The zero-order valence-electron chi connectivity index (χ0n) is 13.9. The van der Waals surface area contributed by atoms with E-state index < -0.39 is 0 Å². The summed E-state index contributed by atoms with van der Waals surface area (Å²) in [6.45, 7) is 0. The summed E-state index contributed by atoms with van der Waals surface area (Å²) in [4.78, 5) is 5.08. The van der Waals surface area contributed by atoms with Crippen LogP contribution in [0.5, 0.6) is 5.75 Å². The van der Waals surface area contributed by atoms with E-state index in [4.69, 9.17) is 10.00 Å². The van der Waals surface area contributed by atoms with Crippen LogP contribution in [0, 0.1) is 11.3 Å². The molecule has 3 aromatic rings. The van der Waals surface area contributed by atoms with Crippen molar-refractivity contribution in [3.05, 3.63) is 69.8 Å². The molecule has 0 saturated heterocycles. The Bertz CT molecular complexity index is 1010. The summed E-state index contributed by atoms with van der Waals surface area (Å²) in [5.74, 6) is 0.783. The Balaban J connectivity index is 2.05. The maximum atomic E-state index is 8.88. The lowest BCUT2D eigenvalue weighted by atomic mass is 10.1. The minimum absolute atomic E-state index is 0.624. The number of hydrogen-bond acceptors (Lipinski definition) is 5. The van der Waals surface area contributed by atoms with Crippen molar-refractivity contribution in [1.82, 2.24) is 4.68 Å². The Morgan fingerprint density at radius 2 is 1.92 bits per heavy atom. The third kappa shape index (κ3) is 3.52. The summed E-state index contributed by atoms with van der Waals surface area (Å²) in [6, 6.07) is 17.2. The zero-order chi connectivity index (χ0) is 17.6. The molecule has 0 unspecified atom stereocenters. The van der Waals surface area contributed by atoms with Crippen molar-refractivity contribution in [3.63, 3.8) is 0 Å². The Morgan fingerprint density at radius 3 is 2.60 bits per heavy atom. The first-order chi connectivity index (χ1) is 12.3. The highest BCUT2D eigenvalue weighted by molar-refractivity contribution is 7.07. The van der Waals surface area contributed by atoms with Crippen LogP contribution in [-0.2, 0) is 0 Å². The topological polar surface area (TPSA) is 62.7 Å². The van der Waals surface area contributed by atoms with Crippen LogP contribution in [0.4, 0.5) is 0 Å². The average Bonchev–Trinajstić information content (AvgIpc) is 3.09. The maximum absolute atomic E-state index is 8.88. The molecule has 0 atom stereocenters. The molecule has 2 aromatic carbocycles. The Morgan fingerprint density at radius 1 is 1.16 bits per heavy atom. The number of aromatic nitrogens is 1. The fourth-order valence-electron chi connectivity index (χ4n) is 2.37. The van der Waals surface area contributed by atoms with Gasteiger partial charge in [0.1, 0.15) is 5.75 Å². The van der Waals surface area contributed by atoms with E-state index in [1.807, 2.05) is 41.8 Å². The van der Waals surface area contributed by atoms with Gasteiger partial charge >= 0.3 is 0 Å². The van der Waals surface area contributed by atoms with Gasteiger partial charge < -0.3 is 4.74 Å². The van der Waals surface area contributed by atoms with Gasteiger partial charge in [0.05, 0.1) is 30.7 Å². The van der Waals surface area contributed by atoms with Crippen molar-refractivity contribution < 1.29 is 4.74 Å². The van der Waals surface area contributed by atoms with Gasteiger partial charge in [-0.15, -0.1) is 11.3 Å². The van der Waals surface area contributed by atoms with Crippen LogP contribution in [0.3, 0.4) is 0 Å². The third-order valence-electron chi connectivity index (χ3n) is 3.62. The molecule has 0 aliphatic rings. The van der Waals surface area contributed by atoms with Gasteiger partial charge in [0.2, 0.25) is 4.80 Å². The summed E-state index contributed by atoms with van der Waals surface area (Å²) in [5.41, 5.74) is 3.39. The number of nitriles is 1. The number of ether oxygens (including phenoxy) is 1. The zero-order valence-corrected chi connectivity index (χ0v) is 14.7. The molecule has 0 fully saturated rings. The predicted molar refractivity (Wildman–Crippen MR) is 99.9 cm³/mol. The second-order valence-corrected chi connectivity index (χ2v) is 5.95. The minimum atomic E-state index is 0.624. The molecule has 5 nitrogen and oxygen atoms in total. The van der Waals surface area contributed by atoms with Gasteiger partial charge in [0.15, 0.2) is 0 Å². The van der Waals surface area contributed by atoms with Gasteiger partial charge in [0, 0.05) is 18.0 Å². The molecule has 3 rings (SSSR count). The summed E-state index contributed by atoms with van der Waals surface area (Å²) >= 11 is 1.52. The number of para-hydroxylation sites is 1. The summed E-state index contributed by atoms with van der Waals surface area (Å²) in [6.07, 6.45) is 1.75. The minimum Gasteiger partial charge on any atom is -0.496 e. The molecular weight excluding hydrogens is 332 g/mol. The molecule has 0 N–H and O–H groups in total. The number of rotatable bonds is 4. The van der Waals surface area contributed by atoms with Crippen LogP contribution < -0.4 is 9.54 Å². The lowest BCUT2D eigenvalue weighted by molar-refractivity contribution is 0.416. The van der Waals surface area contributed by atoms with Crippen LogP contribution in [0.1, 0.15) is 11.1 Å². The first-order valence-corrected chi connectivity index (χ1v) is 8.46. The van der Waals surface area contributed by atoms with Crippen LogP contribution in [0.25, 0.3) is 11.3 Å². The molecule has 6 heteroatoms. The molecule has 0 spiro atoms. The molecule has 0 saturated carbocycles. The SMILES string of the molecule is CN=c1scc(-c2ccccc2OC)n1/N=C/c1ccc(C#N)cc1. The highest BCUT2D eigenvalue weighted by atomic mass is 32.1. The molecule has 0 aliphatic carbocycles. The van der Waals surface area contributed by atoms with E-state index >= 15 is 0 Å². The largest absolute Gasteiger partial charge is 0.496 e. The van der Waals surface area contributed by atoms with E-state index in [1.54, 1.807) is 37.2 Å². The summed E-state index contributed by atoms with van der Waals surface area (Å²) in [5, 5.41) is 15.5. The Kier molecular flexibility index (Phi) is 5.07. The van der Waals surface area contributed by atoms with Crippen LogP contribution in [0.2, 0.25) is 0 Å².